The highest BCUT2D eigenvalue weighted by Gasteiger charge is 2.49. The van der Waals surface area contributed by atoms with Gasteiger partial charge in [-0.05, 0) is 22.8 Å². The third-order valence-electron chi connectivity index (χ3n) is 7.16. The highest BCUT2D eigenvalue weighted by atomic mass is 19.3. The quantitative estimate of drug-likeness (QED) is 0.406. The number of halogens is 2. The van der Waals surface area contributed by atoms with E-state index < -0.39 is 48.9 Å². The topological polar surface area (TPSA) is 85.3 Å². The molecule has 3 aromatic rings. The molecule has 1 saturated carbocycles. The van der Waals surface area contributed by atoms with E-state index in [9.17, 15) is 23.5 Å². The van der Waals surface area contributed by atoms with Gasteiger partial charge in [-0.25, -0.2) is 13.6 Å². The molecule has 0 saturated heterocycles. The van der Waals surface area contributed by atoms with E-state index in [1.54, 1.807) is 42.5 Å². The molecule has 5 rings (SSSR count). The van der Waals surface area contributed by atoms with Crippen LogP contribution in [0.1, 0.15) is 41.2 Å². The number of carboxylic acids is 1. The molecule has 0 radical (unpaired) electrons. The smallest absolute Gasteiger partial charge is 0.326 e. The number of benzene rings is 3. The van der Waals surface area contributed by atoms with E-state index in [2.05, 4.69) is 0 Å². The minimum absolute atomic E-state index is 0.00958. The summed E-state index contributed by atoms with van der Waals surface area (Å²) in [6.07, 6.45) is -2.96. The van der Waals surface area contributed by atoms with Crippen LogP contribution in [0.2, 0.25) is 0 Å². The summed E-state index contributed by atoms with van der Waals surface area (Å²) < 4.78 is 44.6. The van der Waals surface area contributed by atoms with Crippen LogP contribution in [0.5, 0.6) is 11.5 Å². The number of methoxy groups -OCH3 is 1. The first-order valence-corrected chi connectivity index (χ1v) is 12.7. The average Bonchev–Trinajstić information content (AvgIpc) is 2.93. The van der Waals surface area contributed by atoms with Gasteiger partial charge < -0.3 is 24.2 Å². The molecule has 9 heteroatoms. The number of nitrogens with zero attached hydrogens (tertiary/aromatic N) is 1. The number of fused-ring (bicyclic) bond motifs is 1. The Bertz CT molecular complexity index is 1330. The molecule has 1 aliphatic carbocycles. The van der Waals surface area contributed by atoms with E-state index in [0.29, 0.717) is 28.2 Å². The Kier molecular flexibility index (Phi) is 7.52. The molecule has 7 nitrogen and oxygen atoms in total. The zero-order chi connectivity index (χ0) is 27.6. The van der Waals surface area contributed by atoms with Crippen molar-refractivity contribution in [1.82, 2.24) is 4.90 Å². The highest BCUT2D eigenvalue weighted by molar-refractivity contribution is 5.88. The van der Waals surface area contributed by atoms with Gasteiger partial charge in [-0.3, -0.25) is 4.79 Å². The monoisotopic (exact) mass is 537 g/mol. The molecular formula is C30H29F2NO6. The number of hydrogen-bond donors (Lipinski definition) is 1. The minimum atomic E-state index is -2.82. The molecule has 39 heavy (non-hydrogen) atoms. The summed E-state index contributed by atoms with van der Waals surface area (Å²) >= 11 is 0. The molecule has 1 N–H and O–H groups in total. The Balaban J connectivity index is 1.45. The lowest BCUT2D eigenvalue weighted by Gasteiger charge is -2.40. The second-order valence-electron chi connectivity index (χ2n) is 9.85. The molecule has 204 valence electrons. The molecule has 2 atom stereocenters. The van der Waals surface area contributed by atoms with E-state index in [0.717, 1.165) is 5.56 Å². The summed E-state index contributed by atoms with van der Waals surface area (Å²) in [6, 6.07) is 20.4. The van der Waals surface area contributed by atoms with Crippen molar-refractivity contribution in [2.45, 2.75) is 56.6 Å². The summed E-state index contributed by atoms with van der Waals surface area (Å²) in [6.45, 7) is 0.244. The molecule has 3 aromatic carbocycles. The molecule has 0 bridgehead atoms. The Morgan fingerprint density at radius 2 is 1.69 bits per heavy atom. The standard InChI is InChI=1S/C30H29F2NO6/c1-37-25-13-12-21-17-33(24(29(35)36)14-23(21)27(25)38-18-19-8-4-2-5-9-19)28(34)26(20-10-6-3-7-11-20)39-22-15-30(31,32)16-22/h2-13,22,24,26H,14-18H2,1H3,(H,35,36)/t24-,26?/m1/s1. The third-order valence-corrected chi connectivity index (χ3v) is 7.16. The van der Waals surface area contributed by atoms with Gasteiger partial charge in [0.25, 0.3) is 11.8 Å². The third kappa shape index (κ3) is 5.73. The van der Waals surface area contributed by atoms with Gasteiger partial charge in [-0.15, -0.1) is 0 Å². The zero-order valence-electron chi connectivity index (χ0n) is 21.4. The second kappa shape index (κ2) is 11.0. The summed E-state index contributed by atoms with van der Waals surface area (Å²) in [7, 11) is 1.51. The fourth-order valence-corrected chi connectivity index (χ4v) is 5.07. The molecule has 1 amide bonds. The number of ether oxygens (including phenoxy) is 3. The molecule has 1 heterocycles. The number of carbonyl (C=O) groups is 2. The SMILES string of the molecule is COc1ccc2c(c1OCc1ccccc1)C[C@H](C(=O)O)N(C(=O)C(OC1CC(F)(F)C1)c1ccccc1)C2. The fourth-order valence-electron chi connectivity index (χ4n) is 5.07. The number of hydrogen-bond acceptors (Lipinski definition) is 5. The lowest BCUT2D eigenvalue weighted by atomic mass is 9.90. The van der Waals surface area contributed by atoms with E-state index in [1.165, 1.54) is 12.0 Å². The Hall–Kier alpha value is -3.98. The second-order valence-corrected chi connectivity index (χ2v) is 9.85. The summed E-state index contributed by atoms with van der Waals surface area (Å²) in [5, 5.41) is 10.2. The van der Waals surface area contributed by atoms with Gasteiger partial charge in [0.2, 0.25) is 0 Å². The lowest BCUT2D eigenvalue weighted by Crippen LogP contribution is -2.51. The molecule has 2 aliphatic rings. The van der Waals surface area contributed by atoms with Crippen LogP contribution in [0.15, 0.2) is 72.8 Å². The number of carbonyl (C=O) groups excluding carboxylic acids is 1. The van der Waals surface area contributed by atoms with Crippen molar-refractivity contribution in [3.8, 4) is 11.5 Å². The average molecular weight is 538 g/mol. The highest BCUT2D eigenvalue weighted by Crippen LogP contribution is 2.43. The largest absolute Gasteiger partial charge is 0.493 e. The number of rotatable bonds is 9. The van der Waals surface area contributed by atoms with Crippen LogP contribution in [-0.2, 0) is 33.9 Å². The molecule has 0 spiro atoms. The van der Waals surface area contributed by atoms with Gasteiger partial charge >= 0.3 is 5.97 Å². The number of carboxylic acid groups (broad SMARTS) is 1. The molecule has 0 aromatic heterocycles. The number of amides is 1. The molecule has 1 fully saturated rings. The van der Waals surface area contributed by atoms with Crippen LogP contribution < -0.4 is 9.47 Å². The first-order chi connectivity index (χ1) is 18.8. The van der Waals surface area contributed by atoms with Crippen LogP contribution in [0.3, 0.4) is 0 Å². The molecule has 1 aliphatic heterocycles. The number of alkyl halides is 2. The van der Waals surface area contributed by atoms with Gasteiger partial charge in [0.15, 0.2) is 17.6 Å². The maximum atomic E-state index is 13.9. The normalized spacial score (nSPS) is 18.9. The number of aliphatic carboxylic acids is 1. The first kappa shape index (κ1) is 26.6. The van der Waals surface area contributed by atoms with E-state index in [1.807, 2.05) is 30.3 Å². The van der Waals surface area contributed by atoms with Crippen LogP contribution in [0.4, 0.5) is 8.78 Å². The van der Waals surface area contributed by atoms with Gasteiger partial charge in [0.1, 0.15) is 12.6 Å². The minimum Gasteiger partial charge on any atom is -0.493 e. The van der Waals surface area contributed by atoms with Crippen molar-refractivity contribution in [3.05, 3.63) is 95.1 Å². The Morgan fingerprint density at radius 3 is 2.31 bits per heavy atom. The van der Waals surface area contributed by atoms with E-state index in [4.69, 9.17) is 14.2 Å². The molecular weight excluding hydrogens is 508 g/mol. The Morgan fingerprint density at radius 1 is 1.03 bits per heavy atom. The van der Waals surface area contributed by atoms with Crippen LogP contribution >= 0.6 is 0 Å². The van der Waals surface area contributed by atoms with Crippen molar-refractivity contribution in [3.63, 3.8) is 0 Å². The van der Waals surface area contributed by atoms with Gasteiger partial charge in [-0.1, -0.05) is 66.7 Å². The first-order valence-electron chi connectivity index (χ1n) is 12.7. The van der Waals surface area contributed by atoms with Gasteiger partial charge in [-0.2, -0.15) is 0 Å². The Labute approximate surface area is 224 Å². The summed E-state index contributed by atoms with van der Waals surface area (Å²) in [5.41, 5.74) is 2.78. The lowest BCUT2D eigenvalue weighted by molar-refractivity contribution is -0.193. The predicted molar refractivity (Wildman–Crippen MR) is 138 cm³/mol. The van der Waals surface area contributed by atoms with Crippen LogP contribution in [0.25, 0.3) is 0 Å². The van der Waals surface area contributed by atoms with Crippen molar-refractivity contribution in [2.75, 3.05) is 7.11 Å². The van der Waals surface area contributed by atoms with Gasteiger partial charge in [0, 0.05) is 31.4 Å². The zero-order valence-corrected chi connectivity index (χ0v) is 21.4. The summed E-state index contributed by atoms with van der Waals surface area (Å²) in [5.74, 6) is -3.70. The summed E-state index contributed by atoms with van der Waals surface area (Å²) in [4.78, 5) is 27.6. The van der Waals surface area contributed by atoms with E-state index in [-0.39, 0.29) is 19.6 Å². The van der Waals surface area contributed by atoms with Crippen molar-refractivity contribution in [1.29, 1.82) is 0 Å². The van der Waals surface area contributed by atoms with Crippen molar-refractivity contribution < 1.29 is 37.7 Å². The predicted octanol–water partition coefficient (Wildman–Crippen LogP) is 5.17. The molecule has 1 unspecified atom stereocenters. The van der Waals surface area contributed by atoms with E-state index >= 15 is 0 Å². The maximum absolute atomic E-state index is 13.9. The van der Waals surface area contributed by atoms with Crippen LogP contribution in [0, 0.1) is 0 Å². The van der Waals surface area contributed by atoms with Crippen molar-refractivity contribution in [2.24, 2.45) is 0 Å². The van der Waals surface area contributed by atoms with Crippen LogP contribution in [-0.4, -0.2) is 47.1 Å². The fraction of sp³-hybridized carbons (Fsp3) is 0.333. The van der Waals surface area contributed by atoms with Crippen molar-refractivity contribution >= 4 is 11.9 Å². The van der Waals surface area contributed by atoms with Gasteiger partial charge in [0.05, 0.1) is 13.2 Å². The maximum Gasteiger partial charge on any atom is 0.326 e.